The molecule has 40 heavy (non-hydrogen) atoms. The lowest BCUT2D eigenvalue weighted by molar-refractivity contribution is -0.136. The van der Waals surface area contributed by atoms with E-state index >= 15 is 0 Å². The predicted octanol–water partition coefficient (Wildman–Crippen LogP) is 2.78. The molecule has 1 aromatic rings. The van der Waals surface area contributed by atoms with E-state index in [1.54, 1.807) is 6.07 Å². The first kappa shape index (κ1) is 31.1. The van der Waals surface area contributed by atoms with E-state index in [1.165, 1.54) is 12.1 Å². The van der Waals surface area contributed by atoms with Crippen LogP contribution in [-0.2, 0) is 28.7 Å². The summed E-state index contributed by atoms with van der Waals surface area (Å²) in [5.74, 6) is -2.43. The summed E-state index contributed by atoms with van der Waals surface area (Å²) in [6.07, 6.45) is 3.64. The van der Waals surface area contributed by atoms with Crippen molar-refractivity contribution in [2.75, 3.05) is 26.4 Å². The quantitative estimate of drug-likeness (QED) is 0.239. The molecule has 1 aromatic carbocycles. The third kappa shape index (κ3) is 8.79. The monoisotopic (exact) mass is 558 g/mol. The van der Waals surface area contributed by atoms with Crippen LogP contribution in [0.5, 0.6) is 5.75 Å². The molecular formula is C29H38N2O9. The molecule has 1 unspecified atom stereocenters. The SMILES string of the molecule is CC(C)(C)OCC(=O)CCCCOCCCCC(=O)COc1cccc2c1C(=O)N(C1CCC(=O)NC1=O)C2=O. The van der Waals surface area contributed by atoms with Gasteiger partial charge in [-0.05, 0) is 65.0 Å². The number of piperidine rings is 1. The largest absolute Gasteiger partial charge is 0.485 e. The summed E-state index contributed by atoms with van der Waals surface area (Å²) in [6, 6.07) is 3.45. The molecular weight excluding hydrogens is 520 g/mol. The molecule has 1 N–H and O–H groups in total. The minimum atomic E-state index is -1.07. The Hall–Kier alpha value is -3.44. The fourth-order valence-electron chi connectivity index (χ4n) is 4.36. The van der Waals surface area contributed by atoms with Gasteiger partial charge in [-0.1, -0.05) is 6.07 Å². The minimum Gasteiger partial charge on any atom is -0.485 e. The number of nitrogens with zero attached hydrogens (tertiary/aromatic N) is 1. The third-order valence-corrected chi connectivity index (χ3v) is 6.47. The lowest BCUT2D eigenvalue weighted by Crippen LogP contribution is -2.54. The van der Waals surface area contributed by atoms with Crippen LogP contribution in [-0.4, -0.2) is 78.2 Å². The van der Waals surface area contributed by atoms with E-state index in [9.17, 15) is 28.8 Å². The van der Waals surface area contributed by atoms with Gasteiger partial charge in [-0.25, -0.2) is 0 Å². The van der Waals surface area contributed by atoms with E-state index < -0.39 is 29.7 Å². The van der Waals surface area contributed by atoms with Gasteiger partial charge in [-0.3, -0.25) is 39.0 Å². The van der Waals surface area contributed by atoms with E-state index in [0.717, 1.165) is 17.7 Å². The van der Waals surface area contributed by atoms with Crippen LogP contribution in [0.1, 0.15) is 92.9 Å². The third-order valence-electron chi connectivity index (χ3n) is 6.47. The van der Waals surface area contributed by atoms with Gasteiger partial charge in [0.2, 0.25) is 11.8 Å². The number of benzene rings is 1. The average molecular weight is 559 g/mol. The number of hydrogen-bond donors (Lipinski definition) is 1. The molecule has 2 aliphatic rings. The van der Waals surface area contributed by atoms with Crippen molar-refractivity contribution < 1.29 is 43.0 Å². The van der Waals surface area contributed by atoms with Gasteiger partial charge >= 0.3 is 0 Å². The van der Waals surface area contributed by atoms with Crippen molar-refractivity contribution >= 4 is 35.2 Å². The van der Waals surface area contributed by atoms with Crippen molar-refractivity contribution in [2.24, 2.45) is 0 Å². The van der Waals surface area contributed by atoms with Crippen LogP contribution in [0.2, 0.25) is 0 Å². The summed E-state index contributed by atoms with van der Waals surface area (Å²) in [7, 11) is 0. The number of unbranched alkanes of at least 4 members (excludes halogenated alkanes) is 2. The molecule has 0 bridgehead atoms. The summed E-state index contributed by atoms with van der Waals surface area (Å²) < 4.78 is 16.7. The lowest BCUT2D eigenvalue weighted by atomic mass is 10.0. The molecule has 2 aliphatic heterocycles. The first-order valence-corrected chi connectivity index (χ1v) is 13.7. The highest BCUT2D eigenvalue weighted by molar-refractivity contribution is 6.24. The highest BCUT2D eigenvalue weighted by atomic mass is 16.5. The Morgan fingerprint density at radius 2 is 1.57 bits per heavy atom. The summed E-state index contributed by atoms with van der Waals surface area (Å²) >= 11 is 0. The van der Waals surface area contributed by atoms with Crippen molar-refractivity contribution in [3.63, 3.8) is 0 Å². The lowest BCUT2D eigenvalue weighted by Gasteiger charge is -2.27. The van der Waals surface area contributed by atoms with Gasteiger partial charge in [-0.15, -0.1) is 0 Å². The molecule has 4 amide bonds. The number of fused-ring (bicyclic) bond motifs is 1. The van der Waals surface area contributed by atoms with Gasteiger partial charge in [0, 0.05) is 32.5 Å². The molecule has 0 aromatic heterocycles. The summed E-state index contributed by atoms with van der Waals surface area (Å²) in [4.78, 5) is 74.7. The van der Waals surface area contributed by atoms with Crippen molar-refractivity contribution in [3.05, 3.63) is 29.3 Å². The van der Waals surface area contributed by atoms with Crippen LogP contribution in [0, 0.1) is 0 Å². The Morgan fingerprint density at radius 3 is 2.20 bits per heavy atom. The number of nitrogens with one attached hydrogen (secondary N) is 1. The van der Waals surface area contributed by atoms with Crippen LogP contribution < -0.4 is 10.1 Å². The van der Waals surface area contributed by atoms with E-state index in [-0.39, 0.29) is 66.5 Å². The highest BCUT2D eigenvalue weighted by Crippen LogP contribution is 2.33. The van der Waals surface area contributed by atoms with Gasteiger partial charge in [0.05, 0.1) is 16.7 Å². The van der Waals surface area contributed by atoms with Crippen LogP contribution in [0.4, 0.5) is 0 Å². The Balaban J connectivity index is 1.33. The second-order valence-electron chi connectivity index (χ2n) is 10.9. The average Bonchev–Trinajstić information content (AvgIpc) is 3.15. The van der Waals surface area contributed by atoms with Crippen LogP contribution in [0.15, 0.2) is 18.2 Å². The highest BCUT2D eigenvalue weighted by Gasteiger charge is 2.46. The maximum atomic E-state index is 13.1. The number of hydrogen-bond acceptors (Lipinski definition) is 9. The van der Waals surface area contributed by atoms with Gasteiger partial charge < -0.3 is 14.2 Å². The molecule has 2 heterocycles. The zero-order valence-electron chi connectivity index (χ0n) is 23.4. The summed E-state index contributed by atoms with van der Waals surface area (Å²) in [6.45, 7) is 6.66. The molecule has 1 fully saturated rings. The second-order valence-corrected chi connectivity index (χ2v) is 10.9. The van der Waals surface area contributed by atoms with Crippen molar-refractivity contribution in [2.45, 2.75) is 83.8 Å². The number of carbonyl (C=O) groups excluding carboxylic acids is 6. The molecule has 1 atom stereocenters. The molecule has 0 spiro atoms. The maximum Gasteiger partial charge on any atom is 0.266 e. The Labute approximate surface area is 233 Å². The zero-order chi connectivity index (χ0) is 29.3. The first-order valence-electron chi connectivity index (χ1n) is 13.7. The van der Waals surface area contributed by atoms with Crippen molar-refractivity contribution in [1.82, 2.24) is 10.2 Å². The van der Waals surface area contributed by atoms with Crippen LogP contribution in [0.25, 0.3) is 0 Å². The van der Waals surface area contributed by atoms with Crippen molar-refractivity contribution in [3.8, 4) is 5.75 Å². The van der Waals surface area contributed by atoms with Crippen molar-refractivity contribution in [1.29, 1.82) is 0 Å². The molecule has 1 saturated heterocycles. The van der Waals surface area contributed by atoms with E-state index in [4.69, 9.17) is 14.2 Å². The Kier molecular flexibility index (Phi) is 11.1. The van der Waals surface area contributed by atoms with Gasteiger partial charge in [0.15, 0.2) is 11.6 Å². The van der Waals surface area contributed by atoms with E-state index in [2.05, 4.69) is 5.32 Å². The fourth-order valence-corrected chi connectivity index (χ4v) is 4.36. The molecule has 3 rings (SSSR count). The minimum absolute atomic E-state index is 0.0156. The number of imide groups is 2. The second kappa shape index (κ2) is 14.3. The predicted molar refractivity (Wildman–Crippen MR) is 143 cm³/mol. The fraction of sp³-hybridized carbons (Fsp3) is 0.586. The normalized spacial score (nSPS) is 17.2. The Morgan fingerprint density at radius 1 is 0.925 bits per heavy atom. The van der Waals surface area contributed by atoms with E-state index in [0.29, 0.717) is 32.5 Å². The van der Waals surface area contributed by atoms with Gasteiger partial charge in [-0.2, -0.15) is 0 Å². The Bertz CT molecular complexity index is 1140. The first-order chi connectivity index (χ1) is 19.0. The van der Waals surface area contributed by atoms with Gasteiger partial charge in [0.25, 0.3) is 11.8 Å². The molecule has 11 heteroatoms. The number of rotatable bonds is 16. The topological polar surface area (TPSA) is 145 Å². The molecule has 0 radical (unpaired) electrons. The maximum absolute atomic E-state index is 13.1. The smallest absolute Gasteiger partial charge is 0.266 e. The van der Waals surface area contributed by atoms with Crippen LogP contribution in [0.3, 0.4) is 0 Å². The number of Topliss-reactive ketones (excluding diaryl/α,β-unsaturated/α-hetero) is 2. The molecule has 11 nitrogen and oxygen atoms in total. The standard InChI is InChI=1S/C29H38N2O9/c1-29(2,3)40-18-20(33)10-5-7-16-38-15-6-4-9-19(32)17-39-23-12-8-11-21-25(23)28(37)31(27(21)36)22-13-14-24(34)30-26(22)35/h8,11-12,22H,4-7,9-10,13-18H2,1-3H3,(H,30,34,35). The van der Waals surface area contributed by atoms with Gasteiger partial charge in [0.1, 0.15) is 25.0 Å². The number of carbonyl (C=O) groups is 6. The summed E-state index contributed by atoms with van der Waals surface area (Å²) in [5.41, 5.74) is -0.212. The molecule has 0 saturated carbocycles. The zero-order valence-corrected chi connectivity index (χ0v) is 23.4. The number of amides is 4. The molecule has 0 aliphatic carbocycles. The summed E-state index contributed by atoms with van der Waals surface area (Å²) in [5, 5.41) is 2.16. The van der Waals surface area contributed by atoms with E-state index in [1.807, 2.05) is 20.8 Å². The number of ether oxygens (including phenoxy) is 3. The number of ketones is 2. The van der Waals surface area contributed by atoms with Crippen LogP contribution >= 0.6 is 0 Å². The molecule has 218 valence electrons.